The van der Waals surface area contributed by atoms with Gasteiger partial charge in [-0.15, -0.1) is 0 Å². The summed E-state index contributed by atoms with van der Waals surface area (Å²) in [4.78, 5) is 39.6. The number of halogens is 3. The van der Waals surface area contributed by atoms with E-state index in [-0.39, 0.29) is 28.3 Å². The second kappa shape index (κ2) is 13.0. The number of nitrogens with zero attached hydrogens (tertiary/aromatic N) is 2. The van der Waals surface area contributed by atoms with E-state index in [0.29, 0.717) is 48.6 Å². The van der Waals surface area contributed by atoms with Crippen molar-refractivity contribution in [2.75, 3.05) is 33.3 Å². The number of hydrogen-bond acceptors (Lipinski definition) is 7. The topological polar surface area (TPSA) is 114 Å². The summed E-state index contributed by atoms with van der Waals surface area (Å²) in [7, 11) is 1.23. The fourth-order valence-electron chi connectivity index (χ4n) is 5.86. The van der Waals surface area contributed by atoms with Crippen LogP contribution in [-0.4, -0.2) is 55.0 Å². The number of carbonyl (C=O) groups is 2. The van der Waals surface area contributed by atoms with Crippen LogP contribution >= 0.6 is 0 Å². The number of rotatable bonds is 9. The Hall–Kier alpha value is -4.19. The number of esters is 1. The molecule has 12 heteroatoms. The van der Waals surface area contributed by atoms with E-state index in [2.05, 4.69) is 15.5 Å². The predicted octanol–water partition coefficient (Wildman–Crippen LogP) is 5.01. The number of benzene rings is 2. The molecule has 2 aromatic rings. The largest absolute Gasteiger partial charge is 0.466 e. The number of hydrogen-bond donors (Lipinski definition) is 2. The Morgan fingerprint density at radius 3 is 2.51 bits per heavy atom. The Kier molecular flexibility index (Phi) is 9.59. The third-order valence-corrected chi connectivity index (χ3v) is 8.07. The summed E-state index contributed by atoms with van der Waals surface area (Å²) in [6.07, 6.45) is -3.11. The highest BCUT2D eigenvalue weighted by atomic mass is 19.4. The number of methoxy groups -OCH3 is 1. The quantitative estimate of drug-likeness (QED) is 0.236. The number of alkyl halides is 3. The van der Waals surface area contributed by atoms with Crippen molar-refractivity contribution in [1.82, 2.24) is 15.5 Å². The maximum absolute atomic E-state index is 13.6. The van der Waals surface area contributed by atoms with E-state index in [1.165, 1.54) is 44.4 Å². The lowest BCUT2D eigenvalue weighted by Gasteiger charge is -2.31. The van der Waals surface area contributed by atoms with Gasteiger partial charge in [-0.2, -0.15) is 13.2 Å². The molecule has 43 heavy (non-hydrogen) atoms. The van der Waals surface area contributed by atoms with E-state index < -0.39 is 34.5 Å². The number of nitrogens with one attached hydrogen (secondary N) is 2. The van der Waals surface area contributed by atoms with Crippen molar-refractivity contribution >= 4 is 17.6 Å². The zero-order valence-electron chi connectivity index (χ0n) is 24.5. The zero-order chi connectivity index (χ0) is 31.5. The van der Waals surface area contributed by atoms with Crippen LogP contribution in [0, 0.1) is 23.0 Å². The average Bonchev–Trinajstić information content (AvgIpc) is 3.42. The van der Waals surface area contributed by atoms with Gasteiger partial charge in [-0.25, -0.2) is 4.79 Å². The number of ether oxygens (including phenoxy) is 1. The predicted molar refractivity (Wildman–Crippen MR) is 154 cm³/mol. The number of amides is 1. The normalized spacial score (nSPS) is 19.3. The molecule has 2 N–H and O–H groups in total. The third kappa shape index (κ3) is 7.24. The molecule has 2 atom stereocenters. The molecule has 2 heterocycles. The van der Waals surface area contributed by atoms with Gasteiger partial charge in [-0.1, -0.05) is 24.3 Å². The summed E-state index contributed by atoms with van der Waals surface area (Å²) >= 11 is 0. The Bertz CT molecular complexity index is 1480. The maximum Gasteiger partial charge on any atom is 0.416 e. The first-order valence-electron chi connectivity index (χ1n) is 14.0. The van der Waals surface area contributed by atoms with Crippen molar-refractivity contribution in [3.05, 3.63) is 97.4 Å². The Morgan fingerprint density at radius 2 is 1.84 bits per heavy atom. The van der Waals surface area contributed by atoms with Crippen LogP contribution in [0.3, 0.4) is 0 Å². The summed E-state index contributed by atoms with van der Waals surface area (Å²) in [6.45, 7) is 7.23. The van der Waals surface area contributed by atoms with Crippen LogP contribution in [0.4, 0.5) is 18.9 Å². The van der Waals surface area contributed by atoms with Gasteiger partial charge in [-0.05, 0) is 68.8 Å². The van der Waals surface area contributed by atoms with Gasteiger partial charge in [0.15, 0.2) is 0 Å². The molecule has 0 aliphatic carbocycles. The van der Waals surface area contributed by atoms with E-state index in [9.17, 15) is 32.9 Å². The number of aryl methyl sites for hydroxylation is 1. The van der Waals surface area contributed by atoms with Crippen molar-refractivity contribution in [3.8, 4) is 0 Å². The number of carbonyl (C=O) groups excluding carboxylic acids is 2. The van der Waals surface area contributed by atoms with Gasteiger partial charge in [0.05, 0.1) is 29.1 Å². The summed E-state index contributed by atoms with van der Waals surface area (Å²) in [5, 5.41) is 17.5. The van der Waals surface area contributed by atoms with Gasteiger partial charge in [0.1, 0.15) is 0 Å². The first-order valence-corrected chi connectivity index (χ1v) is 14.0. The highest BCUT2D eigenvalue weighted by Crippen LogP contribution is 2.40. The molecule has 0 aromatic heterocycles. The van der Waals surface area contributed by atoms with Crippen LogP contribution < -0.4 is 10.6 Å². The molecule has 9 nitrogen and oxygen atoms in total. The molecule has 230 valence electrons. The summed E-state index contributed by atoms with van der Waals surface area (Å²) in [5.41, 5.74) is 1.92. The van der Waals surface area contributed by atoms with Crippen LogP contribution in [0.15, 0.2) is 65.0 Å². The van der Waals surface area contributed by atoms with Crippen molar-refractivity contribution in [2.45, 2.75) is 45.7 Å². The molecule has 1 fully saturated rings. The molecular formula is C31H35F3N4O5. The van der Waals surface area contributed by atoms with E-state index in [4.69, 9.17) is 4.74 Å². The lowest BCUT2D eigenvalue weighted by Crippen LogP contribution is -2.38. The number of likely N-dealkylation sites (tertiary alicyclic amines) is 1. The molecule has 2 aromatic carbocycles. The van der Waals surface area contributed by atoms with Crippen LogP contribution in [0.2, 0.25) is 0 Å². The minimum Gasteiger partial charge on any atom is -0.466 e. The van der Waals surface area contributed by atoms with E-state index in [0.717, 1.165) is 13.0 Å². The second-order valence-electron chi connectivity index (χ2n) is 11.0. The minimum absolute atomic E-state index is 0.124. The van der Waals surface area contributed by atoms with Gasteiger partial charge in [0, 0.05) is 48.7 Å². The monoisotopic (exact) mass is 600 g/mol. The maximum atomic E-state index is 13.6. The second-order valence-corrected chi connectivity index (χ2v) is 11.0. The summed E-state index contributed by atoms with van der Waals surface area (Å²) < 4.78 is 44.9. The minimum atomic E-state index is -4.39. The van der Waals surface area contributed by atoms with E-state index in [1.807, 2.05) is 0 Å². The van der Waals surface area contributed by atoms with Crippen molar-refractivity contribution in [1.29, 1.82) is 0 Å². The molecule has 1 unspecified atom stereocenters. The zero-order valence-corrected chi connectivity index (χ0v) is 24.5. The van der Waals surface area contributed by atoms with Crippen LogP contribution in [0.25, 0.3) is 0 Å². The van der Waals surface area contributed by atoms with Gasteiger partial charge in [-0.3, -0.25) is 14.9 Å². The van der Waals surface area contributed by atoms with Crippen LogP contribution in [0.5, 0.6) is 0 Å². The molecule has 0 radical (unpaired) electrons. The standard InChI is InChI=1S/C31H35F3N4O5/c1-18-8-9-21(14-25(18)31(32,33)34)10-12-37-13-11-22(17-37)16-35-29(39)26-19(2)36-20(3)27(30(40)43-4)28(26)23-6-5-7-24(15-23)38(41)42/h5-9,14-15,22,28,36H,10-13,16-17H2,1-4H3,(H,35,39)/t22-,28?/m1/s1. The molecule has 4 rings (SSSR count). The van der Waals surface area contributed by atoms with Crippen LogP contribution in [-0.2, 0) is 26.9 Å². The molecule has 1 saturated heterocycles. The van der Waals surface area contributed by atoms with Crippen LogP contribution in [0.1, 0.15) is 48.4 Å². The lowest BCUT2D eigenvalue weighted by atomic mass is 9.80. The average molecular weight is 601 g/mol. The molecule has 1 amide bonds. The van der Waals surface area contributed by atoms with Gasteiger partial charge < -0.3 is 20.3 Å². The summed E-state index contributed by atoms with van der Waals surface area (Å²) in [5.74, 6) is -1.82. The van der Waals surface area contributed by atoms with Gasteiger partial charge in [0.2, 0.25) is 5.91 Å². The molecule has 0 saturated carbocycles. The van der Waals surface area contributed by atoms with Crippen molar-refractivity contribution in [3.63, 3.8) is 0 Å². The molecular weight excluding hydrogens is 565 g/mol. The Morgan fingerprint density at radius 1 is 1.12 bits per heavy atom. The van der Waals surface area contributed by atoms with E-state index in [1.54, 1.807) is 26.0 Å². The first-order chi connectivity index (χ1) is 20.3. The lowest BCUT2D eigenvalue weighted by molar-refractivity contribution is -0.384. The number of non-ortho nitro benzene ring substituents is 1. The van der Waals surface area contributed by atoms with Gasteiger partial charge in [0.25, 0.3) is 5.69 Å². The van der Waals surface area contributed by atoms with E-state index >= 15 is 0 Å². The number of allylic oxidation sites excluding steroid dienone is 2. The fraction of sp³-hybridized carbons (Fsp3) is 0.419. The highest BCUT2D eigenvalue weighted by molar-refractivity contribution is 6.02. The molecule has 0 bridgehead atoms. The number of dihydropyridines is 1. The number of nitro groups is 1. The molecule has 0 spiro atoms. The van der Waals surface area contributed by atoms with Gasteiger partial charge >= 0.3 is 12.1 Å². The third-order valence-electron chi connectivity index (χ3n) is 8.07. The number of nitro benzene ring substituents is 1. The molecule has 2 aliphatic rings. The fourth-order valence-corrected chi connectivity index (χ4v) is 5.86. The first kappa shape index (κ1) is 31.7. The highest BCUT2D eigenvalue weighted by Gasteiger charge is 2.38. The Labute approximate surface area is 247 Å². The SMILES string of the molecule is COC(=O)C1=C(C)NC(C)=C(C(=O)NC[C@H]2CCN(CCc3ccc(C)c(C(F)(F)F)c3)C2)C1c1cccc([N+](=O)[O-])c1. The van der Waals surface area contributed by atoms with Crippen molar-refractivity contribution in [2.24, 2.45) is 5.92 Å². The Balaban J connectivity index is 1.44. The smallest absolute Gasteiger partial charge is 0.416 e. The molecule has 2 aliphatic heterocycles. The summed E-state index contributed by atoms with van der Waals surface area (Å²) in [6, 6.07) is 10.3. The van der Waals surface area contributed by atoms with Crippen molar-refractivity contribution < 1.29 is 32.4 Å².